The van der Waals surface area contributed by atoms with Crippen molar-refractivity contribution >= 4 is 39.7 Å². The summed E-state index contributed by atoms with van der Waals surface area (Å²) in [5, 5.41) is 12.4. The number of carbonyl (C=O) groups is 1. The van der Waals surface area contributed by atoms with Crippen molar-refractivity contribution in [1.29, 1.82) is 0 Å². The Bertz CT molecular complexity index is 937. The highest BCUT2D eigenvalue weighted by molar-refractivity contribution is 8.01. The molecule has 0 amide bonds. The molecule has 1 N–H and O–H groups in total. The van der Waals surface area contributed by atoms with E-state index in [4.69, 9.17) is 0 Å². The number of aryl methyl sites for hydroxylation is 3. The standard InChI is InChI=1S/C21H23N3OS2/c1-4-15-10-11-16(5-2)17(12-15)19(25)13-26-21-24-23-20(27-21)22-18-9-7-6-8-14(18)3/h6-12H,4-5,13H2,1-3H3,(H,22,23). The summed E-state index contributed by atoms with van der Waals surface area (Å²) >= 11 is 2.92. The van der Waals surface area contributed by atoms with Gasteiger partial charge >= 0.3 is 0 Å². The van der Waals surface area contributed by atoms with Gasteiger partial charge in [-0.3, -0.25) is 4.79 Å². The zero-order valence-electron chi connectivity index (χ0n) is 15.8. The minimum atomic E-state index is 0.149. The molecule has 6 heteroatoms. The Kier molecular flexibility index (Phi) is 6.63. The molecule has 0 aliphatic rings. The van der Waals surface area contributed by atoms with Gasteiger partial charge in [0, 0.05) is 11.3 Å². The first kappa shape index (κ1) is 19.6. The molecule has 4 nitrogen and oxygen atoms in total. The minimum absolute atomic E-state index is 0.149. The first-order valence-corrected chi connectivity index (χ1v) is 10.8. The van der Waals surface area contributed by atoms with E-state index in [9.17, 15) is 4.79 Å². The van der Waals surface area contributed by atoms with E-state index in [-0.39, 0.29) is 5.78 Å². The van der Waals surface area contributed by atoms with Crippen LogP contribution >= 0.6 is 23.1 Å². The van der Waals surface area contributed by atoms with E-state index in [2.05, 4.69) is 41.5 Å². The van der Waals surface area contributed by atoms with Crippen molar-refractivity contribution < 1.29 is 4.79 Å². The lowest BCUT2D eigenvalue weighted by Gasteiger charge is -2.08. The molecule has 1 heterocycles. The number of carbonyl (C=O) groups excluding carboxylic acids is 1. The third kappa shape index (κ3) is 4.96. The van der Waals surface area contributed by atoms with Gasteiger partial charge in [0.1, 0.15) is 0 Å². The Morgan fingerprint density at radius 2 is 1.93 bits per heavy atom. The number of thioether (sulfide) groups is 1. The topological polar surface area (TPSA) is 54.9 Å². The van der Waals surface area contributed by atoms with E-state index >= 15 is 0 Å². The molecule has 0 aliphatic carbocycles. The van der Waals surface area contributed by atoms with Crippen LogP contribution in [0.25, 0.3) is 0 Å². The second-order valence-electron chi connectivity index (χ2n) is 6.22. The number of hydrogen-bond donors (Lipinski definition) is 1. The molecule has 0 fully saturated rings. The van der Waals surface area contributed by atoms with E-state index in [0.717, 1.165) is 44.7 Å². The molecule has 0 radical (unpaired) electrons. The van der Waals surface area contributed by atoms with Crippen molar-refractivity contribution in [2.75, 3.05) is 11.1 Å². The van der Waals surface area contributed by atoms with Crippen LogP contribution in [0.3, 0.4) is 0 Å². The molecular formula is C21H23N3OS2. The van der Waals surface area contributed by atoms with E-state index in [1.165, 1.54) is 28.7 Å². The number of nitrogens with one attached hydrogen (secondary N) is 1. The molecule has 27 heavy (non-hydrogen) atoms. The van der Waals surface area contributed by atoms with Crippen molar-refractivity contribution in [2.45, 2.75) is 38.0 Å². The lowest BCUT2D eigenvalue weighted by atomic mass is 9.98. The van der Waals surface area contributed by atoms with Crippen molar-refractivity contribution in [3.8, 4) is 0 Å². The molecule has 3 aromatic rings. The van der Waals surface area contributed by atoms with Crippen LogP contribution in [0.4, 0.5) is 10.8 Å². The number of Topliss-reactive ketones (excluding diaryl/α,β-unsaturated/α-hetero) is 1. The summed E-state index contributed by atoms with van der Waals surface area (Å²) in [6.45, 7) is 6.24. The molecule has 0 saturated heterocycles. The normalized spacial score (nSPS) is 10.8. The zero-order valence-corrected chi connectivity index (χ0v) is 17.4. The van der Waals surface area contributed by atoms with Gasteiger partial charge in [0.2, 0.25) is 5.13 Å². The van der Waals surface area contributed by atoms with Crippen molar-refractivity contribution in [1.82, 2.24) is 10.2 Å². The molecule has 140 valence electrons. The van der Waals surface area contributed by atoms with E-state index in [1.54, 1.807) is 0 Å². The summed E-state index contributed by atoms with van der Waals surface area (Å²) < 4.78 is 0.795. The van der Waals surface area contributed by atoms with Crippen LogP contribution in [0.1, 0.15) is 40.9 Å². The number of anilines is 2. The molecule has 0 aliphatic heterocycles. The maximum atomic E-state index is 12.7. The fourth-order valence-electron chi connectivity index (χ4n) is 2.76. The highest BCUT2D eigenvalue weighted by Crippen LogP contribution is 2.29. The maximum Gasteiger partial charge on any atom is 0.210 e. The van der Waals surface area contributed by atoms with Crippen LogP contribution in [0.2, 0.25) is 0 Å². The molecule has 0 spiro atoms. The van der Waals surface area contributed by atoms with E-state index in [1.807, 2.05) is 37.3 Å². The summed E-state index contributed by atoms with van der Waals surface area (Å²) in [7, 11) is 0. The van der Waals surface area contributed by atoms with Gasteiger partial charge in [0.15, 0.2) is 10.1 Å². The number of rotatable bonds is 8. The Hall–Kier alpha value is -2.18. The summed E-state index contributed by atoms with van der Waals surface area (Å²) in [6, 6.07) is 14.3. The van der Waals surface area contributed by atoms with Crippen molar-refractivity contribution in [2.24, 2.45) is 0 Å². The van der Waals surface area contributed by atoms with E-state index < -0.39 is 0 Å². The number of benzene rings is 2. The Labute approximate surface area is 168 Å². The van der Waals surface area contributed by atoms with Crippen molar-refractivity contribution in [3.63, 3.8) is 0 Å². The predicted molar refractivity (Wildman–Crippen MR) is 115 cm³/mol. The largest absolute Gasteiger partial charge is 0.330 e. The highest BCUT2D eigenvalue weighted by atomic mass is 32.2. The Morgan fingerprint density at radius 1 is 1.11 bits per heavy atom. The average Bonchev–Trinajstić information content (AvgIpc) is 3.14. The number of hydrogen-bond acceptors (Lipinski definition) is 6. The molecule has 2 aromatic carbocycles. The maximum absolute atomic E-state index is 12.7. The first-order chi connectivity index (χ1) is 13.1. The second kappa shape index (κ2) is 9.15. The molecule has 0 atom stereocenters. The van der Waals surface area contributed by atoms with Gasteiger partial charge in [0.25, 0.3) is 0 Å². The third-order valence-electron chi connectivity index (χ3n) is 4.38. The van der Waals surface area contributed by atoms with Crippen LogP contribution in [0.5, 0.6) is 0 Å². The predicted octanol–water partition coefficient (Wildman–Crippen LogP) is 5.69. The second-order valence-corrected chi connectivity index (χ2v) is 8.42. The minimum Gasteiger partial charge on any atom is -0.330 e. The lowest BCUT2D eigenvalue weighted by Crippen LogP contribution is -2.07. The number of ketones is 1. The van der Waals surface area contributed by atoms with Gasteiger partial charge in [-0.15, -0.1) is 10.2 Å². The quantitative estimate of drug-likeness (QED) is 0.391. The SMILES string of the molecule is CCc1ccc(CC)c(C(=O)CSc2nnc(Nc3ccccc3C)s2)c1. The smallest absolute Gasteiger partial charge is 0.210 e. The molecule has 1 aromatic heterocycles. The third-order valence-corrected chi connectivity index (χ3v) is 6.36. The lowest BCUT2D eigenvalue weighted by molar-refractivity contribution is 0.102. The van der Waals surface area contributed by atoms with E-state index in [0.29, 0.717) is 5.75 Å². The van der Waals surface area contributed by atoms with Gasteiger partial charge in [-0.1, -0.05) is 67.3 Å². The number of aromatic nitrogens is 2. The molecule has 0 bridgehead atoms. The molecule has 3 rings (SSSR count). The van der Waals surface area contributed by atoms with Crippen LogP contribution in [-0.4, -0.2) is 21.7 Å². The average molecular weight is 398 g/mol. The van der Waals surface area contributed by atoms with Gasteiger partial charge in [-0.25, -0.2) is 0 Å². The molecular weight excluding hydrogens is 374 g/mol. The zero-order chi connectivity index (χ0) is 19.2. The molecule has 0 saturated carbocycles. The van der Waals surface area contributed by atoms with Gasteiger partial charge in [-0.2, -0.15) is 0 Å². The number of para-hydroxylation sites is 1. The molecule has 0 unspecified atom stereocenters. The number of nitrogens with zero attached hydrogens (tertiary/aromatic N) is 2. The fourth-order valence-corrected chi connectivity index (χ4v) is 4.41. The first-order valence-electron chi connectivity index (χ1n) is 9.04. The summed E-state index contributed by atoms with van der Waals surface area (Å²) in [5.41, 5.74) is 5.32. The van der Waals surface area contributed by atoms with Gasteiger partial charge in [-0.05, 0) is 48.6 Å². The monoisotopic (exact) mass is 397 g/mol. The summed E-state index contributed by atoms with van der Waals surface area (Å²) in [6.07, 6.45) is 1.79. The van der Waals surface area contributed by atoms with Crippen LogP contribution in [0, 0.1) is 6.92 Å². The van der Waals surface area contributed by atoms with Crippen LogP contribution < -0.4 is 5.32 Å². The summed E-state index contributed by atoms with van der Waals surface area (Å²) in [4.78, 5) is 12.7. The van der Waals surface area contributed by atoms with Gasteiger partial charge in [0.05, 0.1) is 5.75 Å². The van der Waals surface area contributed by atoms with Gasteiger partial charge < -0.3 is 5.32 Å². The van der Waals surface area contributed by atoms with Crippen LogP contribution in [0.15, 0.2) is 46.8 Å². The van der Waals surface area contributed by atoms with Crippen LogP contribution in [-0.2, 0) is 12.8 Å². The highest BCUT2D eigenvalue weighted by Gasteiger charge is 2.14. The summed E-state index contributed by atoms with van der Waals surface area (Å²) in [5.74, 6) is 0.523. The Morgan fingerprint density at radius 3 is 2.67 bits per heavy atom. The van der Waals surface area contributed by atoms with Crippen molar-refractivity contribution in [3.05, 3.63) is 64.7 Å². The fraction of sp³-hybridized carbons (Fsp3) is 0.286. The Balaban J connectivity index is 1.65.